The Hall–Kier alpha value is -0.380. The second kappa shape index (κ2) is 5.10. The highest BCUT2D eigenvalue weighted by Crippen LogP contribution is 2.20. The molecule has 0 spiro atoms. The molecule has 1 rings (SSSR count). The van der Waals surface area contributed by atoms with Gasteiger partial charge in [0.1, 0.15) is 0 Å². The molecule has 1 aromatic heterocycles. The molecule has 0 saturated heterocycles. The van der Waals surface area contributed by atoms with Gasteiger partial charge in [-0.2, -0.15) is 0 Å². The molecule has 0 bridgehead atoms. The highest BCUT2D eigenvalue weighted by atomic mass is 32.1. The molecule has 0 aliphatic rings. The van der Waals surface area contributed by atoms with Gasteiger partial charge in [-0.3, -0.25) is 0 Å². The van der Waals surface area contributed by atoms with Gasteiger partial charge < -0.3 is 10.4 Å². The summed E-state index contributed by atoms with van der Waals surface area (Å²) in [5.41, 5.74) is 1.35. The third-order valence-electron chi connectivity index (χ3n) is 2.49. The van der Waals surface area contributed by atoms with E-state index in [9.17, 15) is 0 Å². The van der Waals surface area contributed by atoms with E-state index in [0.29, 0.717) is 0 Å². The van der Waals surface area contributed by atoms with Crippen LogP contribution in [0, 0.1) is 19.3 Å². The van der Waals surface area contributed by atoms with Crippen LogP contribution < -0.4 is 5.32 Å². The monoisotopic (exact) mass is 227 g/mol. The lowest BCUT2D eigenvalue weighted by Gasteiger charge is -2.21. The van der Waals surface area contributed by atoms with Crippen molar-refractivity contribution in [1.29, 1.82) is 0 Å². The maximum Gasteiger partial charge on any atom is 0.0494 e. The van der Waals surface area contributed by atoms with Gasteiger partial charge in [0.15, 0.2) is 0 Å². The smallest absolute Gasteiger partial charge is 0.0494 e. The Balaban J connectivity index is 2.41. The zero-order valence-corrected chi connectivity index (χ0v) is 10.9. The Morgan fingerprint density at radius 2 is 2.07 bits per heavy atom. The van der Waals surface area contributed by atoms with Crippen LogP contribution in [-0.4, -0.2) is 18.3 Å². The van der Waals surface area contributed by atoms with E-state index in [0.717, 1.165) is 13.1 Å². The summed E-state index contributed by atoms with van der Waals surface area (Å²) in [5.74, 6) is 0. The van der Waals surface area contributed by atoms with Crippen LogP contribution in [0.15, 0.2) is 6.07 Å². The summed E-state index contributed by atoms with van der Waals surface area (Å²) in [7, 11) is 0. The summed E-state index contributed by atoms with van der Waals surface area (Å²) in [4.78, 5) is 2.76. The minimum atomic E-state index is -0.0288. The highest BCUT2D eigenvalue weighted by molar-refractivity contribution is 7.12. The Morgan fingerprint density at radius 3 is 2.53 bits per heavy atom. The lowest BCUT2D eigenvalue weighted by Crippen LogP contribution is -2.31. The third-order valence-corrected chi connectivity index (χ3v) is 3.50. The van der Waals surface area contributed by atoms with Crippen LogP contribution >= 0.6 is 11.3 Å². The summed E-state index contributed by atoms with van der Waals surface area (Å²) >= 11 is 1.84. The molecule has 2 N–H and O–H groups in total. The third kappa shape index (κ3) is 3.93. The van der Waals surface area contributed by atoms with Crippen molar-refractivity contribution in [2.24, 2.45) is 5.41 Å². The Kier molecular flexibility index (Phi) is 4.32. The first-order chi connectivity index (χ1) is 6.94. The molecule has 1 aromatic rings. The summed E-state index contributed by atoms with van der Waals surface area (Å²) in [6.45, 7) is 10.4. The lowest BCUT2D eigenvalue weighted by molar-refractivity contribution is 0.156. The van der Waals surface area contributed by atoms with Gasteiger partial charge in [0.2, 0.25) is 0 Å². The molecule has 0 aliphatic heterocycles. The molecule has 0 atom stereocenters. The second-order valence-corrected chi connectivity index (χ2v) is 6.32. The van der Waals surface area contributed by atoms with Crippen LogP contribution in [-0.2, 0) is 6.54 Å². The number of hydrogen-bond donors (Lipinski definition) is 2. The topological polar surface area (TPSA) is 32.3 Å². The fraction of sp³-hybridized carbons (Fsp3) is 0.667. The first-order valence-electron chi connectivity index (χ1n) is 5.32. The highest BCUT2D eigenvalue weighted by Gasteiger charge is 2.15. The average Bonchev–Trinajstić information content (AvgIpc) is 2.45. The number of nitrogens with one attached hydrogen (secondary N) is 1. The van der Waals surface area contributed by atoms with Crippen LogP contribution in [0.25, 0.3) is 0 Å². The molecule has 0 saturated carbocycles. The Morgan fingerprint density at radius 1 is 1.40 bits per heavy atom. The number of hydrogen-bond acceptors (Lipinski definition) is 3. The minimum Gasteiger partial charge on any atom is -0.396 e. The number of thiophene rings is 1. The predicted octanol–water partition coefficient (Wildman–Crippen LogP) is 2.47. The number of aryl methyl sites for hydroxylation is 2. The summed E-state index contributed by atoms with van der Waals surface area (Å²) in [6.07, 6.45) is 0. The van der Waals surface area contributed by atoms with Gasteiger partial charge in [-0.15, -0.1) is 11.3 Å². The van der Waals surface area contributed by atoms with Crippen molar-refractivity contribution >= 4 is 11.3 Å². The van der Waals surface area contributed by atoms with Crippen molar-refractivity contribution in [2.45, 2.75) is 34.2 Å². The molecule has 0 amide bonds. The van der Waals surface area contributed by atoms with Crippen LogP contribution in [0.2, 0.25) is 0 Å². The average molecular weight is 227 g/mol. The van der Waals surface area contributed by atoms with E-state index in [1.807, 2.05) is 11.3 Å². The molecule has 0 fully saturated rings. The second-order valence-electron chi connectivity index (χ2n) is 4.86. The normalized spacial score (nSPS) is 12.1. The van der Waals surface area contributed by atoms with Gasteiger partial charge in [0.25, 0.3) is 0 Å². The molecule has 0 radical (unpaired) electrons. The molecule has 3 heteroatoms. The SMILES string of the molecule is Cc1cc(CNCC(C)(C)CO)c(C)s1. The summed E-state index contributed by atoms with van der Waals surface area (Å²) in [5, 5.41) is 12.5. The van der Waals surface area contributed by atoms with Crippen molar-refractivity contribution in [3.8, 4) is 0 Å². The first kappa shape index (κ1) is 12.7. The van der Waals surface area contributed by atoms with E-state index in [2.05, 4.69) is 39.1 Å². The largest absolute Gasteiger partial charge is 0.396 e. The zero-order valence-electron chi connectivity index (χ0n) is 10.1. The Labute approximate surface area is 96.3 Å². The van der Waals surface area contributed by atoms with E-state index in [4.69, 9.17) is 5.11 Å². The van der Waals surface area contributed by atoms with Crippen molar-refractivity contribution in [2.75, 3.05) is 13.2 Å². The van der Waals surface area contributed by atoms with Crippen molar-refractivity contribution in [3.63, 3.8) is 0 Å². The van der Waals surface area contributed by atoms with Crippen LogP contribution in [0.1, 0.15) is 29.2 Å². The predicted molar refractivity (Wildman–Crippen MR) is 66.4 cm³/mol. The minimum absolute atomic E-state index is 0.0288. The van der Waals surface area contributed by atoms with Gasteiger partial charge in [0, 0.05) is 34.9 Å². The van der Waals surface area contributed by atoms with Crippen molar-refractivity contribution < 1.29 is 5.11 Å². The van der Waals surface area contributed by atoms with E-state index < -0.39 is 0 Å². The maximum absolute atomic E-state index is 9.11. The fourth-order valence-corrected chi connectivity index (χ4v) is 2.40. The van der Waals surface area contributed by atoms with Gasteiger partial charge in [-0.25, -0.2) is 0 Å². The molecular formula is C12H21NOS. The van der Waals surface area contributed by atoms with Crippen LogP contribution in [0.5, 0.6) is 0 Å². The quantitative estimate of drug-likeness (QED) is 0.810. The summed E-state index contributed by atoms with van der Waals surface area (Å²) < 4.78 is 0. The molecule has 0 unspecified atom stereocenters. The molecule has 0 aromatic carbocycles. The van der Waals surface area contributed by atoms with E-state index in [1.54, 1.807) is 0 Å². The van der Waals surface area contributed by atoms with Gasteiger partial charge >= 0.3 is 0 Å². The lowest BCUT2D eigenvalue weighted by atomic mass is 9.95. The van der Waals surface area contributed by atoms with Crippen LogP contribution in [0.4, 0.5) is 0 Å². The van der Waals surface area contributed by atoms with Gasteiger partial charge in [-0.05, 0) is 25.5 Å². The van der Waals surface area contributed by atoms with Crippen molar-refractivity contribution in [1.82, 2.24) is 5.32 Å². The molecule has 86 valence electrons. The van der Waals surface area contributed by atoms with Gasteiger partial charge in [-0.1, -0.05) is 13.8 Å². The van der Waals surface area contributed by atoms with Gasteiger partial charge in [0.05, 0.1) is 0 Å². The molecule has 15 heavy (non-hydrogen) atoms. The summed E-state index contributed by atoms with van der Waals surface area (Å²) in [6, 6.07) is 2.24. The number of aliphatic hydroxyl groups is 1. The van der Waals surface area contributed by atoms with Crippen molar-refractivity contribution in [3.05, 3.63) is 21.4 Å². The Bertz CT molecular complexity index is 317. The molecular weight excluding hydrogens is 206 g/mol. The first-order valence-corrected chi connectivity index (χ1v) is 6.14. The number of aliphatic hydroxyl groups excluding tert-OH is 1. The number of rotatable bonds is 5. The van der Waals surface area contributed by atoms with E-state index in [1.165, 1.54) is 15.3 Å². The van der Waals surface area contributed by atoms with E-state index in [-0.39, 0.29) is 12.0 Å². The maximum atomic E-state index is 9.11. The van der Waals surface area contributed by atoms with Crippen LogP contribution in [0.3, 0.4) is 0 Å². The molecule has 2 nitrogen and oxygen atoms in total. The molecule has 1 heterocycles. The standard InChI is InChI=1S/C12H21NOS/c1-9-5-11(10(2)15-9)6-13-7-12(3,4)8-14/h5,13-14H,6-8H2,1-4H3. The zero-order chi connectivity index (χ0) is 11.5. The van der Waals surface area contributed by atoms with E-state index >= 15 is 0 Å². The fourth-order valence-electron chi connectivity index (χ4n) is 1.45. The molecule has 0 aliphatic carbocycles.